The molecule has 0 saturated carbocycles. The van der Waals surface area contributed by atoms with Crippen molar-refractivity contribution >= 4 is 17.7 Å². The number of amides is 1. The second kappa shape index (κ2) is 6.60. The normalized spacial score (nSPS) is 12.4. The second-order valence-electron chi connectivity index (χ2n) is 3.53. The second-order valence-corrected chi connectivity index (χ2v) is 4.44. The van der Waals surface area contributed by atoms with Crippen molar-refractivity contribution in [3.8, 4) is 0 Å². The average Bonchev–Trinajstić information content (AvgIpc) is 2.65. The molecule has 0 aromatic carbocycles. The summed E-state index contributed by atoms with van der Waals surface area (Å²) in [6.45, 7) is 1.83. The Labute approximate surface area is 99.4 Å². The van der Waals surface area contributed by atoms with Crippen LogP contribution in [0, 0.1) is 6.92 Å². The first-order valence-corrected chi connectivity index (χ1v) is 6.53. The van der Waals surface area contributed by atoms with E-state index in [1.54, 1.807) is 24.8 Å². The van der Waals surface area contributed by atoms with Gasteiger partial charge in [-0.25, -0.2) is 0 Å². The van der Waals surface area contributed by atoms with Gasteiger partial charge in [0.25, 0.3) is 5.91 Å². The first kappa shape index (κ1) is 13.1. The van der Waals surface area contributed by atoms with E-state index < -0.39 is 0 Å². The van der Waals surface area contributed by atoms with Gasteiger partial charge in [0.1, 0.15) is 5.76 Å². The number of aliphatic hydroxyl groups is 1. The lowest BCUT2D eigenvalue weighted by Gasteiger charge is -2.16. The molecule has 0 spiro atoms. The zero-order chi connectivity index (χ0) is 12.0. The molecule has 0 aliphatic carbocycles. The number of aliphatic hydroxyl groups excluding tert-OH is 1. The van der Waals surface area contributed by atoms with Crippen molar-refractivity contribution in [2.45, 2.75) is 19.4 Å². The smallest absolute Gasteiger partial charge is 0.255 e. The number of furan rings is 1. The first-order chi connectivity index (χ1) is 7.69. The summed E-state index contributed by atoms with van der Waals surface area (Å²) in [5.74, 6) is 1.27. The maximum absolute atomic E-state index is 11.8. The standard InChI is InChI=1S/C11H17NO3S/c1-8-10(4-6-15-8)11(14)12-9(3-5-13)7-16-2/h4,6,9,13H,3,5,7H2,1-2H3,(H,12,14). The van der Waals surface area contributed by atoms with Gasteiger partial charge in [-0.3, -0.25) is 4.79 Å². The van der Waals surface area contributed by atoms with E-state index in [1.807, 2.05) is 6.26 Å². The van der Waals surface area contributed by atoms with Crippen LogP contribution in [0.4, 0.5) is 0 Å². The van der Waals surface area contributed by atoms with Gasteiger partial charge in [-0.05, 0) is 25.7 Å². The lowest BCUT2D eigenvalue weighted by Crippen LogP contribution is -2.37. The van der Waals surface area contributed by atoms with Crippen LogP contribution in [0.2, 0.25) is 0 Å². The number of hydrogen-bond donors (Lipinski definition) is 2. The zero-order valence-electron chi connectivity index (χ0n) is 9.53. The molecular formula is C11H17NO3S. The van der Waals surface area contributed by atoms with Crippen LogP contribution in [-0.4, -0.2) is 35.7 Å². The highest BCUT2D eigenvalue weighted by Crippen LogP contribution is 2.10. The van der Waals surface area contributed by atoms with Crippen molar-refractivity contribution in [2.24, 2.45) is 0 Å². The van der Waals surface area contributed by atoms with E-state index in [1.165, 1.54) is 6.26 Å². The summed E-state index contributed by atoms with van der Waals surface area (Å²) in [5.41, 5.74) is 0.559. The third kappa shape index (κ3) is 3.57. The van der Waals surface area contributed by atoms with Crippen molar-refractivity contribution in [1.29, 1.82) is 0 Å². The molecule has 4 nitrogen and oxygen atoms in total. The Morgan fingerprint density at radius 2 is 2.44 bits per heavy atom. The van der Waals surface area contributed by atoms with Gasteiger partial charge in [0, 0.05) is 18.4 Å². The summed E-state index contributed by atoms with van der Waals surface area (Å²) >= 11 is 1.64. The largest absolute Gasteiger partial charge is 0.469 e. The van der Waals surface area contributed by atoms with Crippen LogP contribution in [0.5, 0.6) is 0 Å². The van der Waals surface area contributed by atoms with E-state index in [-0.39, 0.29) is 18.6 Å². The monoisotopic (exact) mass is 243 g/mol. The van der Waals surface area contributed by atoms with Crippen LogP contribution < -0.4 is 5.32 Å². The highest BCUT2D eigenvalue weighted by atomic mass is 32.2. The number of thioether (sulfide) groups is 1. The van der Waals surface area contributed by atoms with Crippen molar-refractivity contribution in [3.05, 3.63) is 23.7 Å². The van der Waals surface area contributed by atoms with Crippen LogP contribution in [0.15, 0.2) is 16.7 Å². The summed E-state index contributed by atoms with van der Waals surface area (Å²) in [4.78, 5) is 11.8. The number of aryl methyl sites for hydroxylation is 1. The van der Waals surface area contributed by atoms with Crippen molar-refractivity contribution in [3.63, 3.8) is 0 Å². The van der Waals surface area contributed by atoms with Gasteiger partial charge in [-0.15, -0.1) is 0 Å². The molecule has 2 N–H and O–H groups in total. The molecular weight excluding hydrogens is 226 g/mol. The molecule has 1 aromatic heterocycles. The number of carbonyl (C=O) groups excluding carboxylic acids is 1. The lowest BCUT2D eigenvalue weighted by atomic mass is 10.2. The molecule has 0 fully saturated rings. The number of carbonyl (C=O) groups is 1. The third-order valence-electron chi connectivity index (χ3n) is 2.28. The minimum atomic E-state index is -0.140. The molecule has 1 atom stereocenters. The van der Waals surface area contributed by atoms with Crippen LogP contribution >= 0.6 is 11.8 Å². The fourth-order valence-corrected chi connectivity index (χ4v) is 2.09. The van der Waals surface area contributed by atoms with Crippen molar-refractivity contribution in [2.75, 3.05) is 18.6 Å². The first-order valence-electron chi connectivity index (χ1n) is 5.13. The molecule has 5 heteroatoms. The minimum Gasteiger partial charge on any atom is -0.469 e. The Morgan fingerprint density at radius 3 is 2.94 bits per heavy atom. The average molecular weight is 243 g/mol. The Balaban J connectivity index is 2.58. The molecule has 0 bridgehead atoms. The fraction of sp³-hybridized carbons (Fsp3) is 0.545. The van der Waals surface area contributed by atoms with E-state index in [0.717, 1.165) is 5.75 Å². The molecule has 90 valence electrons. The summed E-state index contributed by atoms with van der Waals surface area (Å²) < 4.78 is 5.07. The Hall–Kier alpha value is -0.940. The maximum Gasteiger partial charge on any atom is 0.255 e. The molecule has 0 aliphatic rings. The van der Waals surface area contributed by atoms with Gasteiger partial charge in [0.05, 0.1) is 11.8 Å². The highest BCUT2D eigenvalue weighted by Gasteiger charge is 2.15. The van der Waals surface area contributed by atoms with Gasteiger partial charge in [0.15, 0.2) is 0 Å². The molecule has 1 aromatic rings. The summed E-state index contributed by atoms with van der Waals surface area (Å²) in [6, 6.07) is 1.65. The Kier molecular flexibility index (Phi) is 5.42. The SMILES string of the molecule is CSCC(CCO)NC(=O)c1ccoc1C. The molecule has 1 heterocycles. The van der Waals surface area contributed by atoms with Gasteiger partial charge in [-0.1, -0.05) is 0 Å². The van der Waals surface area contributed by atoms with Gasteiger partial charge in [-0.2, -0.15) is 11.8 Å². The molecule has 0 aliphatic heterocycles. The van der Waals surface area contributed by atoms with E-state index in [0.29, 0.717) is 17.7 Å². The molecule has 1 rings (SSSR count). The van der Waals surface area contributed by atoms with Gasteiger partial charge < -0.3 is 14.8 Å². The number of rotatable bonds is 6. The zero-order valence-corrected chi connectivity index (χ0v) is 10.3. The lowest BCUT2D eigenvalue weighted by molar-refractivity contribution is 0.0934. The molecule has 1 unspecified atom stereocenters. The molecule has 0 saturated heterocycles. The quantitative estimate of drug-likeness (QED) is 0.793. The van der Waals surface area contributed by atoms with Crippen molar-refractivity contribution in [1.82, 2.24) is 5.32 Å². The van der Waals surface area contributed by atoms with E-state index in [4.69, 9.17) is 9.52 Å². The van der Waals surface area contributed by atoms with Gasteiger partial charge >= 0.3 is 0 Å². The molecule has 0 radical (unpaired) electrons. The van der Waals surface area contributed by atoms with Crippen LogP contribution in [0.25, 0.3) is 0 Å². The predicted octanol–water partition coefficient (Wildman–Crippen LogP) is 1.43. The number of hydrogen-bond acceptors (Lipinski definition) is 4. The fourth-order valence-electron chi connectivity index (χ4n) is 1.44. The van der Waals surface area contributed by atoms with Crippen molar-refractivity contribution < 1.29 is 14.3 Å². The maximum atomic E-state index is 11.8. The number of nitrogens with one attached hydrogen (secondary N) is 1. The van der Waals surface area contributed by atoms with Crippen LogP contribution in [0.3, 0.4) is 0 Å². The summed E-state index contributed by atoms with van der Waals surface area (Å²) in [6.07, 6.45) is 4.04. The molecule has 1 amide bonds. The van der Waals surface area contributed by atoms with E-state index in [9.17, 15) is 4.79 Å². The Morgan fingerprint density at radius 1 is 1.69 bits per heavy atom. The Bertz CT molecular complexity index is 332. The predicted molar refractivity (Wildman–Crippen MR) is 64.8 cm³/mol. The van der Waals surface area contributed by atoms with E-state index in [2.05, 4.69) is 5.32 Å². The highest BCUT2D eigenvalue weighted by molar-refractivity contribution is 7.98. The minimum absolute atomic E-state index is 0.00167. The third-order valence-corrected chi connectivity index (χ3v) is 3.02. The summed E-state index contributed by atoms with van der Waals surface area (Å²) in [5, 5.41) is 11.8. The van der Waals surface area contributed by atoms with Crippen LogP contribution in [-0.2, 0) is 0 Å². The molecule has 16 heavy (non-hydrogen) atoms. The summed E-state index contributed by atoms with van der Waals surface area (Å²) in [7, 11) is 0. The van der Waals surface area contributed by atoms with Crippen LogP contribution in [0.1, 0.15) is 22.5 Å². The van der Waals surface area contributed by atoms with E-state index >= 15 is 0 Å². The topological polar surface area (TPSA) is 62.5 Å². The van der Waals surface area contributed by atoms with Gasteiger partial charge in [0.2, 0.25) is 0 Å².